The first kappa shape index (κ1) is 14.1. The molecule has 1 N–H and O–H groups in total. The van der Waals surface area contributed by atoms with Crippen LogP contribution in [0.2, 0.25) is 0 Å². The molecule has 3 heterocycles. The minimum Gasteiger partial charge on any atom is -0.470 e. The van der Waals surface area contributed by atoms with Crippen LogP contribution in [0, 0.1) is 5.41 Å². The highest BCUT2D eigenvalue weighted by atomic mass is 16.7. The van der Waals surface area contributed by atoms with E-state index in [1.165, 1.54) is 32.4 Å². The molecule has 3 aliphatic rings. The maximum absolute atomic E-state index is 6.19. The van der Waals surface area contributed by atoms with Gasteiger partial charge >= 0.3 is 0 Å². The predicted molar refractivity (Wildman–Crippen MR) is 78.8 cm³/mol. The van der Waals surface area contributed by atoms with Crippen molar-refractivity contribution < 1.29 is 9.57 Å². The maximum Gasteiger partial charge on any atom is 0.232 e. The Morgan fingerprint density at radius 3 is 2.75 bits per heavy atom. The van der Waals surface area contributed by atoms with Crippen LogP contribution in [-0.2, 0) is 9.57 Å². The van der Waals surface area contributed by atoms with Crippen LogP contribution in [0.15, 0.2) is 5.16 Å². The second-order valence-corrected chi connectivity index (χ2v) is 6.60. The smallest absolute Gasteiger partial charge is 0.232 e. The van der Waals surface area contributed by atoms with E-state index in [1.807, 2.05) is 0 Å². The number of nitrogens with zero attached hydrogens (tertiary/aromatic N) is 2. The average molecular weight is 281 g/mol. The summed E-state index contributed by atoms with van der Waals surface area (Å²) >= 11 is 0. The summed E-state index contributed by atoms with van der Waals surface area (Å²) in [7, 11) is 0. The first-order chi connectivity index (χ1) is 9.76. The Kier molecular flexibility index (Phi) is 4.46. The lowest BCUT2D eigenvalue weighted by Gasteiger charge is -2.38. The highest BCUT2D eigenvalue weighted by Crippen LogP contribution is 2.32. The van der Waals surface area contributed by atoms with Crippen LogP contribution in [0.5, 0.6) is 0 Å². The van der Waals surface area contributed by atoms with Gasteiger partial charge in [0.15, 0.2) is 6.61 Å². The van der Waals surface area contributed by atoms with Gasteiger partial charge in [0.05, 0.1) is 0 Å². The van der Waals surface area contributed by atoms with Crippen molar-refractivity contribution in [2.45, 2.75) is 45.1 Å². The monoisotopic (exact) mass is 281 g/mol. The molecule has 0 spiro atoms. The van der Waals surface area contributed by atoms with Gasteiger partial charge in [-0.3, -0.25) is 4.90 Å². The number of piperidine rings is 2. The van der Waals surface area contributed by atoms with Crippen molar-refractivity contribution in [3.63, 3.8) is 0 Å². The Morgan fingerprint density at radius 2 is 2.00 bits per heavy atom. The molecule has 114 valence electrons. The van der Waals surface area contributed by atoms with E-state index in [4.69, 9.17) is 9.57 Å². The molecular formula is C15H27N3O2. The van der Waals surface area contributed by atoms with E-state index < -0.39 is 0 Å². The molecular weight excluding hydrogens is 254 g/mol. The van der Waals surface area contributed by atoms with Gasteiger partial charge in [-0.15, -0.1) is 0 Å². The topological polar surface area (TPSA) is 46.1 Å². The third-order valence-electron chi connectivity index (χ3n) is 4.82. The third-order valence-corrected chi connectivity index (χ3v) is 4.82. The summed E-state index contributed by atoms with van der Waals surface area (Å²) < 4.78 is 6.19. The summed E-state index contributed by atoms with van der Waals surface area (Å²) in [6, 6.07) is 0. The van der Waals surface area contributed by atoms with Crippen LogP contribution in [0.25, 0.3) is 0 Å². The van der Waals surface area contributed by atoms with E-state index in [1.54, 1.807) is 0 Å². The Balaban J connectivity index is 1.56. The van der Waals surface area contributed by atoms with Gasteiger partial charge in [-0.2, -0.15) is 0 Å². The van der Waals surface area contributed by atoms with Crippen molar-refractivity contribution >= 4 is 5.90 Å². The second-order valence-electron chi connectivity index (χ2n) is 6.60. The lowest BCUT2D eigenvalue weighted by atomic mass is 9.80. The summed E-state index contributed by atoms with van der Waals surface area (Å²) in [4.78, 5) is 7.98. The van der Waals surface area contributed by atoms with Crippen molar-refractivity contribution in [1.82, 2.24) is 10.2 Å². The molecule has 0 aromatic rings. The van der Waals surface area contributed by atoms with Gasteiger partial charge in [0.1, 0.15) is 6.10 Å². The zero-order valence-corrected chi connectivity index (χ0v) is 12.6. The van der Waals surface area contributed by atoms with Gasteiger partial charge in [-0.25, -0.2) is 0 Å². The highest BCUT2D eigenvalue weighted by Gasteiger charge is 2.38. The fraction of sp³-hybridized carbons (Fsp3) is 0.933. The quantitative estimate of drug-likeness (QED) is 0.853. The van der Waals surface area contributed by atoms with Crippen LogP contribution in [0.4, 0.5) is 0 Å². The third kappa shape index (κ3) is 3.26. The van der Waals surface area contributed by atoms with Crippen molar-refractivity contribution in [1.29, 1.82) is 0 Å². The van der Waals surface area contributed by atoms with E-state index in [-0.39, 0.29) is 11.5 Å². The summed E-state index contributed by atoms with van der Waals surface area (Å²) in [5, 5.41) is 7.61. The summed E-state index contributed by atoms with van der Waals surface area (Å²) in [6.07, 6.45) is 6.30. The molecule has 0 aromatic carbocycles. The van der Waals surface area contributed by atoms with Crippen LogP contribution in [0.3, 0.4) is 0 Å². The summed E-state index contributed by atoms with van der Waals surface area (Å²) in [6.45, 7) is 8.30. The van der Waals surface area contributed by atoms with Gasteiger partial charge < -0.3 is 14.9 Å². The molecule has 0 aliphatic carbocycles. The Morgan fingerprint density at radius 1 is 1.25 bits per heavy atom. The number of rotatable bonds is 3. The minimum atomic E-state index is 0.0474. The molecule has 0 saturated carbocycles. The van der Waals surface area contributed by atoms with Gasteiger partial charge in [0.2, 0.25) is 5.90 Å². The number of hydrogen-bond acceptors (Lipinski definition) is 5. The average Bonchev–Trinajstić information content (AvgIpc) is 2.49. The van der Waals surface area contributed by atoms with Crippen molar-refractivity contribution in [3.8, 4) is 0 Å². The fourth-order valence-corrected chi connectivity index (χ4v) is 3.36. The molecule has 2 saturated heterocycles. The van der Waals surface area contributed by atoms with Crippen molar-refractivity contribution in [3.05, 3.63) is 0 Å². The number of nitrogens with one attached hydrogen (secondary N) is 1. The maximum atomic E-state index is 6.19. The first-order valence-corrected chi connectivity index (χ1v) is 8.06. The van der Waals surface area contributed by atoms with Gasteiger partial charge in [0.25, 0.3) is 0 Å². The van der Waals surface area contributed by atoms with E-state index in [0.717, 1.165) is 38.4 Å². The van der Waals surface area contributed by atoms with Crippen LogP contribution in [0.1, 0.15) is 39.0 Å². The normalized spacial score (nSPS) is 31.1. The van der Waals surface area contributed by atoms with E-state index in [0.29, 0.717) is 6.61 Å². The van der Waals surface area contributed by atoms with Gasteiger partial charge in [0, 0.05) is 12.0 Å². The van der Waals surface area contributed by atoms with E-state index in [9.17, 15) is 0 Å². The number of likely N-dealkylation sites (tertiary alicyclic amines) is 1. The standard InChI is InChI=1S/C15H27N3O2/c1-15(5-7-16-8-6-15)14-17-19-12-13(20-14)11-18-9-3-2-4-10-18/h13,16H,2-12H2,1H3/t13-/m1/s1. The van der Waals surface area contributed by atoms with Gasteiger partial charge in [-0.05, 0) is 51.9 Å². The zero-order chi connectivity index (χ0) is 13.8. The molecule has 1 atom stereocenters. The lowest BCUT2D eigenvalue weighted by Crippen LogP contribution is -2.47. The molecule has 3 rings (SSSR count). The lowest BCUT2D eigenvalue weighted by molar-refractivity contribution is -0.0227. The van der Waals surface area contributed by atoms with Crippen LogP contribution in [-0.4, -0.2) is 56.2 Å². The summed E-state index contributed by atoms with van der Waals surface area (Å²) in [5.41, 5.74) is 0.0474. The molecule has 0 unspecified atom stereocenters. The fourth-order valence-electron chi connectivity index (χ4n) is 3.36. The molecule has 5 heteroatoms. The number of hydrogen-bond donors (Lipinski definition) is 1. The molecule has 20 heavy (non-hydrogen) atoms. The molecule has 5 nitrogen and oxygen atoms in total. The number of oxime groups is 1. The van der Waals surface area contributed by atoms with Crippen LogP contribution < -0.4 is 5.32 Å². The van der Waals surface area contributed by atoms with Crippen molar-refractivity contribution in [2.24, 2.45) is 10.6 Å². The zero-order valence-electron chi connectivity index (χ0n) is 12.6. The molecule has 3 aliphatic heterocycles. The SMILES string of the molecule is CC1(C2=NOC[C@@H](CN3CCCCC3)O2)CCNCC1. The predicted octanol–water partition coefficient (Wildman–Crippen LogP) is 1.59. The highest BCUT2D eigenvalue weighted by molar-refractivity contribution is 5.82. The molecule has 2 fully saturated rings. The van der Waals surface area contributed by atoms with Crippen molar-refractivity contribution in [2.75, 3.05) is 39.3 Å². The number of ether oxygens (including phenoxy) is 1. The molecule has 0 bridgehead atoms. The summed E-state index contributed by atoms with van der Waals surface area (Å²) in [5.74, 6) is 0.826. The minimum absolute atomic E-state index is 0.0474. The Labute approximate surface area is 121 Å². The largest absolute Gasteiger partial charge is 0.470 e. The van der Waals surface area contributed by atoms with E-state index >= 15 is 0 Å². The Hall–Kier alpha value is -0.810. The molecule has 0 radical (unpaired) electrons. The second kappa shape index (κ2) is 6.31. The molecule has 0 amide bonds. The molecule has 0 aromatic heterocycles. The van der Waals surface area contributed by atoms with E-state index in [2.05, 4.69) is 22.3 Å². The van der Waals surface area contributed by atoms with Crippen LogP contribution >= 0.6 is 0 Å². The first-order valence-electron chi connectivity index (χ1n) is 8.06. The Bertz CT molecular complexity index is 347. The van der Waals surface area contributed by atoms with Gasteiger partial charge in [-0.1, -0.05) is 18.5 Å².